The van der Waals surface area contributed by atoms with E-state index in [9.17, 15) is 4.79 Å². The summed E-state index contributed by atoms with van der Waals surface area (Å²) in [7, 11) is 0. The largest absolute Gasteiger partial charge is 0.356 e. The molecule has 0 rings (SSSR count). The number of carbonyl (C=O) groups is 1. The van der Waals surface area contributed by atoms with Gasteiger partial charge >= 0.3 is 0 Å². The molecule has 0 fully saturated rings. The normalized spacial score (nSPS) is 13.2. The van der Waals surface area contributed by atoms with Gasteiger partial charge in [0.05, 0.1) is 6.10 Å². The zero-order valence-electron chi connectivity index (χ0n) is 6.76. The summed E-state index contributed by atoms with van der Waals surface area (Å²) in [4.78, 5) is 9.96. The van der Waals surface area contributed by atoms with E-state index in [2.05, 4.69) is 5.32 Å². The monoisotopic (exact) mass is 145 g/mol. The molecule has 0 spiro atoms. The number of nitrogens with one attached hydrogen (secondary N) is 1. The van der Waals surface area contributed by atoms with Gasteiger partial charge in [0.15, 0.2) is 0 Å². The summed E-state index contributed by atoms with van der Waals surface area (Å²) in [5.74, 6) is 0. The van der Waals surface area contributed by atoms with E-state index in [4.69, 9.17) is 4.74 Å². The van der Waals surface area contributed by atoms with E-state index in [1.807, 2.05) is 20.8 Å². The molecule has 3 nitrogen and oxygen atoms in total. The minimum absolute atomic E-state index is 0.127. The molecule has 1 unspecified atom stereocenters. The third-order valence-electron chi connectivity index (χ3n) is 1.06. The molecule has 0 radical (unpaired) electrons. The maximum atomic E-state index is 9.96. The van der Waals surface area contributed by atoms with E-state index in [1.165, 1.54) is 0 Å². The van der Waals surface area contributed by atoms with Crippen molar-refractivity contribution in [1.82, 2.24) is 5.32 Å². The minimum Gasteiger partial charge on any atom is -0.356 e. The minimum atomic E-state index is -0.127. The van der Waals surface area contributed by atoms with Crippen LogP contribution in [0.2, 0.25) is 0 Å². The van der Waals surface area contributed by atoms with Crippen molar-refractivity contribution in [3.8, 4) is 0 Å². The zero-order valence-corrected chi connectivity index (χ0v) is 6.76. The van der Waals surface area contributed by atoms with E-state index < -0.39 is 0 Å². The molecule has 0 bridgehead atoms. The number of rotatable bonds is 5. The van der Waals surface area contributed by atoms with Gasteiger partial charge in [0, 0.05) is 0 Å². The Labute approximate surface area is 61.8 Å². The van der Waals surface area contributed by atoms with Crippen molar-refractivity contribution in [3.63, 3.8) is 0 Å². The highest BCUT2D eigenvalue weighted by atomic mass is 16.5. The molecule has 0 aliphatic heterocycles. The molecule has 1 atom stereocenters. The second-order valence-electron chi connectivity index (χ2n) is 2.37. The van der Waals surface area contributed by atoms with Crippen LogP contribution >= 0.6 is 0 Å². The fourth-order valence-corrected chi connectivity index (χ4v) is 0.658. The Kier molecular flexibility index (Phi) is 4.94. The van der Waals surface area contributed by atoms with Crippen molar-refractivity contribution in [1.29, 1.82) is 0 Å². The molecule has 1 amide bonds. The lowest BCUT2D eigenvalue weighted by atomic mass is 10.4. The van der Waals surface area contributed by atoms with Crippen LogP contribution in [-0.4, -0.2) is 18.7 Å². The van der Waals surface area contributed by atoms with E-state index in [0.29, 0.717) is 6.41 Å². The summed E-state index contributed by atoms with van der Waals surface area (Å²) in [5.41, 5.74) is 0. The van der Waals surface area contributed by atoms with Crippen molar-refractivity contribution in [2.24, 2.45) is 0 Å². The smallest absolute Gasteiger partial charge is 0.209 e. The number of hydrogen-bond donors (Lipinski definition) is 1. The van der Waals surface area contributed by atoms with Gasteiger partial charge in [-0.3, -0.25) is 4.79 Å². The van der Waals surface area contributed by atoms with Crippen LogP contribution in [0.4, 0.5) is 0 Å². The summed E-state index contributed by atoms with van der Waals surface area (Å²) >= 11 is 0. The first-order valence-electron chi connectivity index (χ1n) is 3.55. The lowest BCUT2D eigenvalue weighted by Crippen LogP contribution is -2.32. The Balaban J connectivity index is 3.48. The Bertz CT molecular complexity index is 93.6. The summed E-state index contributed by atoms with van der Waals surface area (Å²) in [6.07, 6.45) is 1.50. The highest BCUT2D eigenvalue weighted by Crippen LogP contribution is 1.97. The van der Waals surface area contributed by atoms with Crippen molar-refractivity contribution >= 4 is 6.41 Å². The van der Waals surface area contributed by atoms with Gasteiger partial charge < -0.3 is 10.1 Å². The molecule has 10 heavy (non-hydrogen) atoms. The van der Waals surface area contributed by atoms with Gasteiger partial charge in [-0.15, -0.1) is 0 Å². The molecule has 0 aliphatic rings. The molecule has 3 heteroatoms. The van der Waals surface area contributed by atoms with Crippen LogP contribution in [0.3, 0.4) is 0 Å². The van der Waals surface area contributed by atoms with Gasteiger partial charge in [-0.05, 0) is 20.3 Å². The lowest BCUT2D eigenvalue weighted by molar-refractivity contribution is -0.115. The first-order chi connectivity index (χ1) is 4.70. The Hall–Kier alpha value is -0.570. The van der Waals surface area contributed by atoms with Gasteiger partial charge in [0.2, 0.25) is 6.41 Å². The zero-order chi connectivity index (χ0) is 7.98. The van der Waals surface area contributed by atoms with E-state index in [-0.39, 0.29) is 12.3 Å². The summed E-state index contributed by atoms with van der Waals surface area (Å²) in [6, 6.07) is 0. The molecule has 0 aromatic heterocycles. The number of amides is 1. The summed E-state index contributed by atoms with van der Waals surface area (Å²) in [5, 5.41) is 2.56. The highest BCUT2D eigenvalue weighted by Gasteiger charge is 2.04. The van der Waals surface area contributed by atoms with Crippen LogP contribution in [0, 0.1) is 0 Å². The van der Waals surface area contributed by atoms with Gasteiger partial charge in [0.1, 0.15) is 6.23 Å². The molecule has 0 saturated carbocycles. The summed E-state index contributed by atoms with van der Waals surface area (Å²) in [6.45, 7) is 5.84. The van der Waals surface area contributed by atoms with E-state index >= 15 is 0 Å². The van der Waals surface area contributed by atoms with Gasteiger partial charge in [-0.2, -0.15) is 0 Å². The molecule has 0 aliphatic carbocycles. The Morgan fingerprint density at radius 2 is 2.20 bits per heavy atom. The second kappa shape index (κ2) is 5.23. The van der Waals surface area contributed by atoms with Gasteiger partial charge in [-0.1, -0.05) is 6.92 Å². The standard InChI is InChI=1S/C7H15NO2/c1-4-7(8-5-9)10-6(2)3/h5-7H,4H2,1-3H3,(H,8,9). The van der Waals surface area contributed by atoms with Crippen molar-refractivity contribution in [2.45, 2.75) is 39.5 Å². The van der Waals surface area contributed by atoms with Crippen LogP contribution in [0.15, 0.2) is 0 Å². The fourth-order valence-electron chi connectivity index (χ4n) is 0.658. The lowest BCUT2D eigenvalue weighted by Gasteiger charge is -2.17. The Morgan fingerprint density at radius 1 is 1.60 bits per heavy atom. The molecule has 60 valence electrons. The Morgan fingerprint density at radius 3 is 2.50 bits per heavy atom. The topological polar surface area (TPSA) is 38.3 Å². The third kappa shape index (κ3) is 4.32. The highest BCUT2D eigenvalue weighted by molar-refractivity contribution is 5.46. The van der Waals surface area contributed by atoms with Gasteiger partial charge in [0.25, 0.3) is 0 Å². The third-order valence-corrected chi connectivity index (χ3v) is 1.06. The maximum absolute atomic E-state index is 9.96. The maximum Gasteiger partial charge on any atom is 0.209 e. The first-order valence-corrected chi connectivity index (χ1v) is 3.55. The molecule has 0 heterocycles. The average Bonchev–Trinajstić information content (AvgIpc) is 1.86. The summed E-state index contributed by atoms with van der Waals surface area (Å²) < 4.78 is 5.30. The van der Waals surface area contributed by atoms with Crippen LogP contribution in [0.5, 0.6) is 0 Å². The van der Waals surface area contributed by atoms with E-state index in [0.717, 1.165) is 6.42 Å². The first kappa shape index (κ1) is 9.43. The van der Waals surface area contributed by atoms with Crippen molar-refractivity contribution in [3.05, 3.63) is 0 Å². The second-order valence-corrected chi connectivity index (χ2v) is 2.37. The molecule has 0 aromatic carbocycles. The quantitative estimate of drug-likeness (QED) is 0.461. The fraction of sp³-hybridized carbons (Fsp3) is 0.857. The molecular weight excluding hydrogens is 130 g/mol. The number of ether oxygens (including phenoxy) is 1. The molecular formula is C7H15NO2. The van der Waals surface area contributed by atoms with Gasteiger partial charge in [-0.25, -0.2) is 0 Å². The number of hydrogen-bond acceptors (Lipinski definition) is 2. The van der Waals surface area contributed by atoms with Crippen LogP contribution in [0.1, 0.15) is 27.2 Å². The average molecular weight is 145 g/mol. The van der Waals surface area contributed by atoms with Crippen molar-refractivity contribution < 1.29 is 9.53 Å². The van der Waals surface area contributed by atoms with Crippen LogP contribution in [-0.2, 0) is 9.53 Å². The van der Waals surface area contributed by atoms with E-state index in [1.54, 1.807) is 0 Å². The van der Waals surface area contributed by atoms with Crippen LogP contribution in [0.25, 0.3) is 0 Å². The molecule has 0 aromatic rings. The molecule has 1 N–H and O–H groups in total. The SMILES string of the molecule is CCC(NC=O)OC(C)C. The predicted molar refractivity (Wildman–Crippen MR) is 39.5 cm³/mol. The predicted octanol–water partition coefficient (Wildman–Crippen LogP) is 0.893. The number of carbonyl (C=O) groups excluding carboxylic acids is 1. The van der Waals surface area contributed by atoms with Crippen molar-refractivity contribution in [2.75, 3.05) is 0 Å². The molecule has 0 saturated heterocycles. The van der Waals surface area contributed by atoms with Crippen LogP contribution < -0.4 is 5.32 Å².